The lowest BCUT2D eigenvalue weighted by Crippen LogP contribution is -2.41. The molecule has 0 aromatic carbocycles. The van der Waals surface area contributed by atoms with E-state index in [1.165, 1.54) is 13.1 Å². The fourth-order valence-corrected chi connectivity index (χ4v) is 7.47. The largest absolute Gasteiger partial charge is 0.492 e. The van der Waals surface area contributed by atoms with Crippen molar-refractivity contribution in [2.45, 2.75) is 24.5 Å². The Kier molecular flexibility index (Phi) is 5.95. The monoisotopic (exact) mass is 479 g/mol. The van der Waals surface area contributed by atoms with Gasteiger partial charge >= 0.3 is 29.2 Å². The smallest absolute Gasteiger partial charge is 0.387 e. The van der Waals surface area contributed by atoms with Crippen LogP contribution in [0.5, 0.6) is 0 Å². The Balaban J connectivity index is 1.76. The molecule has 0 bridgehead atoms. The van der Waals surface area contributed by atoms with E-state index >= 15 is 0 Å². The average molecular weight is 479 g/mol. The number of aliphatic hydroxyl groups excluding tert-OH is 2. The minimum Gasteiger partial charge on any atom is -0.387 e. The maximum absolute atomic E-state index is 12.2. The molecule has 0 spiro atoms. The van der Waals surface area contributed by atoms with Crippen molar-refractivity contribution in [2.24, 2.45) is 7.05 Å². The summed E-state index contributed by atoms with van der Waals surface area (Å²) in [5, 5.41) is 27.8. The number of ether oxygens (including phenoxy) is 1. The second kappa shape index (κ2) is 7.61. The van der Waals surface area contributed by atoms with Gasteiger partial charge in [-0.25, -0.2) is 18.5 Å². The molecule has 0 amide bonds. The fraction of sp³-hybridized carbons (Fsp3) is 0.600. The second-order valence-corrected chi connectivity index (χ2v) is 10.9. The molecule has 3 heterocycles. The van der Waals surface area contributed by atoms with Gasteiger partial charge in [0, 0.05) is 13.2 Å². The van der Waals surface area contributed by atoms with Gasteiger partial charge in [0.05, 0.1) is 6.61 Å². The molecule has 16 nitrogen and oxygen atoms in total. The Labute approximate surface area is 161 Å². The Morgan fingerprint density at radius 3 is 2.31 bits per heavy atom. The number of nitrogens with zero attached hydrogens (tertiary/aromatic N) is 2. The quantitative estimate of drug-likeness (QED) is 0.316. The fourth-order valence-electron chi connectivity index (χ4n) is 2.53. The van der Waals surface area contributed by atoms with E-state index in [0.717, 1.165) is 15.3 Å². The molecule has 3 rings (SSSR count). The van der Waals surface area contributed by atoms with Crippen molar-refractivity contribution < 1.29 is 55.9 Å². The van der Waals surface area contributed by atoms with E-state index in [2.05, 4.69) is 17.5 Å². The summed E-state index contributed by atoms with van der Waals surface area (Å²) in [7, 11) is -14.3. The Bertz CT molecular complexity index is 1040. The van der Waals surface area contributed by atoms with E-state index in [9.17, 15) is 38.5 Å². The Hall–Kier alpha value is -0.990. The Morgan fingerprint density at radius 2 is 1.72 bits per heavy atom. The van der Waals surface area contributed by atoms with Crippen molar-refractivity contribution in [1.29, 1.82) is 5.41 Å². The summed E-state index contributed by atoms with van der Waals surface area (Å²) in [6, 6.07) is 1.23. The number of hydrogen-bond acceptors (Lipinski definition) is 12. The lowest BCUT2D eigenvalue weighted by Gasteiger charge is -2.27. The van der Waals surface area contributed by atoms with Crippen molar-refractivity contribution in [3.8, 4) is 0 Å². The van der Waals surface area contributed by atoms with Crippen LogP contribution in [0.15, 0.2) is 17.1 Å². The highest BCUT2D eigenvalue weighted by Crippen LogP contribution is 2.80. The van der Waals surface area contributed by atoms with Crippen molar-refractivity contribution in [3.05, 3.63) is 28.2 Å². The van der Waals surface area contributed by atoms with Gasteiger partial charge in [0.2, 0.25) is 0 Å². The summed E-state index contributed by atoms with van der Waals surface area (Å²) in [6.07, 6.45) is -5.10. The van der Waals surface area contributed by atoms with Gasteiger partial charge in [-0.15, -0.1) is 0 Å². The molecule has 29 heavy (non-hydrogen) atoms. The van der Waals surface area contributed by atoms with Crippen LogP contribution in [-0.2, 0) is 42.9 Å². The lowest BCUT2D eigenvalue weighted by molar-refractivity contribution is -0.0550. The first-order valence-corrected chi connectivity index (χ1v) is 12.1. The number of phosphoric acid groups is 3. The van der Waals surface area contributed by atoms with Gasteiger partial charge in [0.1, 0.15) is 23.8 Å². The molecule has 2 aliphatic heterocycles. The van der Waals surface area contributed by atoms with Crippen LogP contribution in [0.25, 0.3) is 0 Å². The van der Waals surface area contributed by atoms with Crippen LogP contribution < -0.4 is 11.2 Å². The highest BCUT2D eigenvalue weighted by Gasteiger charge is 2.55. The van der Waals surface area contributed by atoms with E-state index < -0.39 is 60.3 Å². The van der Waals surface area contributed by atoms with Gasteiger partial charge in [-0.1, -0.05) is 0 Å². The van der Waals surface area contributed by atoms with Crippen LogP contribution >= 0.6 is 23.5 Å². The molecule has 0 saturated carbocycles. The molecule has 5 N–H and O–H groups in total. The van der Waals surface area contributed by atoms with Crippen LogP contribution in [0.1, 0.15) is 6.23 Å². The predicted octanol–water partition coefficient (Wildman–Crippen LogP) is -1.33. The molecule has 3 unspecified atom stereocenters. The van der Waals surface area contributed by atoms with Crippen molar-refractivity contribution in [2.75, 3.05) is 6.61 Å². The highest BCUT2D eigenvalue weighted by atomic mass is 31.3. The maximum Gasteiger partial charge on any atom is 0.492 e. The molecule has 1 aromatic heterocycles. The average Bonchev–Trinajstić information content (AvgIpc) is 2.83. The van der Waals surface area contributed by atoms with Crippen LogP contribution in [0.3, 0.4) is 0 Å². The predicted molar refractivity (Wildman–Crippen MR) is 87.9 cm³/mol. The molecule has 0 radical (unpaired) electrons. The molecule has 19 heteroatoms. The van der Waals surface area contributed by atoms with E-state index in [0.29, 0.717) is 0 Å². The third-order valence-corrected chi connectivity index (χ3v) is 9.25. The zero-order valence-electron chi connectivity index (χ0n) is 14.4. The summed E-state index contributed by atoms with van der Waals surface area (Å²) in [4.78, 5) is 30.6. The molecular weight excluding hydrogens is 463 g/mol. The minimum atomic E-state index is -5.24. The third kappa shape index (κ3) is 4.69. The first-order chi connectivity index (χ1) is 13.2. The van der Waals surface area contributed by atoms with Gasteiger partial charge in [-0.3, -0.25) is 19.1 Å². The van der Waals surface area contributed by atoms with Gasteiger partial charge in [-0.2, -0.15) is 12.9 Å². The van der Waals surface area contributed by atoms with Gasteiger partial charge in [0.15, 0.2) is 6.23 Å². The Morgan fingerprint density at radius 1 is 1.14 bits per heavy atom. The standard InChI is InChI=1S/C10H16N3O13P3/c1-12-6(11)2-3-13(10(12)16)9-8(15)7(14)5(23-9)4-22-29(21)25-27(17,18)24-28(19,20)26-29/h2-3,5,7-9,11,14-15H,4H2,1H3,(H,17,18)(H,19,20)/t5-,7+,8?,9-/m1/s1. The van der Waals surface area contributed by atoms with E-state index in [4.69, 9.17) is 10.1 Å². The summed E-state index contributed by atoms with van der Waals surface area (Å²) in [6.45, 7) is -0.899. The number of aliphatic hydroxyl groups is 2. The number of nitrogens with one attached hydrogen (secondary N) is 1. The molecule has 2 fully saturated rings. The van der Waals surface area contributed by atoms with Gasteiger partial charge in [-0.05, 0) is 6.07 Å². The van der Waals surface area contributed by atoms with Crippen LogP contribution in [0.2, 0.25) is 0 Å². The SMILES string of the molecule is Cn1c(=N)ccn([C@@H]2O[C@H](COP3(=O)OP(=O)(O)OP(=O)(O)O3)[C@H](O)C2O)c1=O. The minimum absolute atomic E-state index is 0.132. The summed E-state index contributed by atoms with van der Waals surface area (Å²) in [5.74, 6) is 0. The normalized spacial score (nSPS) is 42.8. The second-order valence-electron chi connectivity index (χ2n) is 5.92. The van der Waals surface area contributed by atoms with Crippen LogP contribution in [0, 0.1) is 5.41 Å². The first kappa shape index (κ1) is 22.7. The molecular formula is C10H16N3O13P3. The first-order valence-electron chi connectivity index (χ1n) is 7.62. The van der Waals surface area contributed by atoms with Crippen molar-refractivity contribution in [1.82, 2.24) is 9.13 Å². The topological polar surface area (TPSA) is 229 Å². The number of hydrogen-bond donors (Lipinski definition) is 5. The summed E-state index contributed by atoms with van der Waals surface area (Å²) >= 11 is 0. The van der Waals surface area contributed by atoms with E-state index in [1.54, 1.807) is 0 Å². The third-order valence-electron chi connectivity index (χ3n) is 3.88. The number of aromatic nitrogens is 2. The number of rotatable bonds is 4. The summed E-state index contributed by atoms with van der Waals surface area (Å²) < 4.78 is 58.6. The maximum atomic E-state index is 12.2. The molecule has 164 valence electrons. The van der Waals surface area contributed by atoms with E-state index in [-0.39, 0.29) is 5.49 Å². The highest BCUT2D eigenvalue weighted by molar-refractivity contribution is 7.74. The van der Waals surface area contributed by atoms with Crippen molar-refractivity contribution >= 4 is 23.5 Å². The molecule has 2 aliphatic rings. The summed E-state index contributed by atoms with van der Waals surface area (Å²) in [5.41, 5.74) is -0.880. The molecule has 1 aromatic rings. The van der Waals surface area contributed by atoms with Crippen molar-refractivity contribution in [3.63, 3.8) is 0 Å². The van der Waals surface area contributed by atoms with Crippen LogP contribution in [-0.4, -0.2) is 54.1 Å². The molecule has 0 aliphatic carbocycles. The van der Waals surface area contributed by atoms with E-state index in [1.807, 2.05) is 0 Å². The lowest BCUT2D eigenvalue weighted by atomic mass is 10.1. The van der Waals surface area contributed by atoms with Gasteiger partial charge in [0.25, 0.3) is 0 Å². The molecule has 6 atom stereocenters. The van der Waals surface area contributed by atoms with Gasteiger partial charge < -0.3 is 24.7 Å². The zero-order chi connectivity index (χ0) is 21.8. The zero-order valence-corrected chi connectivity index (χ0v) is 17.1. The van der Waals surface area contributed by atoms with Crippen LogP contribution in [0.4, 0.5) is 0 Å². The molecule has 2 saturated heterocycles.